The highest BCUT2D eigenvalue weighted by atomic mass is 15.1. The molecule has 2 heteroatoms. The lowest BCUT2D eigenvalue weighted by molar-refractivity contribution is 0.130. The molecule has 17 heavy (non-hydrogen) atoms. The third-order valence-electron chi connectivity index (χ3n) is 4.30. The molecule has 2 fully saturated rings. The van der Waals surface area contributed by atoms with Gasteiger partial charge in [-0.3, -0.25) is 0 Å². The summed E-state index contributed by atoms with van der Waals surface area (Å²) in [6.07, 6.45) is 9.77. The average Bonchev–Trinajstić information content (AvgIpc) is 3.12. The Balaban J connectivity index is 1.79. The lowest BCUT2D eigenvalue weighted by atomic mass is 9.84. The summed E-state index contributed by atoms with van der Waals surface area (Å²) in [7, 11) is 0. The first kappa shape index (κ1) is 13.4. The lowest BCUT2D eigenvalue weighted by Crippen LogP contribution is -2.44. The van der Waals surface area contributed by atoms with Crippen LogP contribution in [0.1, 0.15) is 58.8 Å². The van der Waals surface area contributed by atoms with Crippen molar-refractivity contribution in [2.45, 2.75) is 64.8 Å². The summed E-state index contributed by atoms with van der Waals surface area (Å²) in [6, 6.07) is 0.854. The number of likely N-dealkylation sites (tertiary alicyclic amines) is 1. The van der Waals surface area contributed by atoms with Gasteiger partial charge in [-0.05, 0) is 50.6 Å². The molecule has 0 amide bonds. The monoisotopic (exact) mass is 238 g/mol. The fourth-order valence-corrected chi connectivity index (χ4v) is 3.16. The highest BCUT2D eigenvalue weighted by molar-refractivity contribution is 4.87. The quantitative estimate of drug-likeness (QED) is 0.733. The number of hydrogen-bond donors (Lipinski definition) is 1. The van der Waals surface area contributed by atoms with Gasteiger partial charge in [-0.15, -0.1) is 0 Å². The molecular weight excluding hydrogens is 208 g/mol. The largest absolute Gasteiger partial charge is 0.313 e. The zero-order valence-electron chi connectivity index (χ0n) is 11.8. The Hall–Kier alpha value is -0.0800. The fraction of sp³-hybridized carbons (Fsp3) is 1.00. The third kappa shape index (κ3) is 4.59. The molecule has 1 saturated carbocycles. The molecule has 0 aromatic heterocycles. The predicted octanol–water partition coefficient (Wildman–Crippen LogP) is 3.03. The summed E-state index contributed by atoms with van der Waals surface area (Å²) in [5.41, 5.74) is 0.495. The summed E-state index contributed by atoms with van der Waals surface area (Å²) in [5, 5.41) is 3.74. The van der Waals surface area contributed by atoms with E-state index >= 15 is 0 Å². The van der Waals surface area contributed by atoms with E-state index in [0.29, 0.717) is 5.41 Å². The molecule has 100 valence electrons. The first-order chi connectivity index (χ1) is 8.22. The van der Waals surface area contributed by atoms with E-state index in [9.17, 15) is 0 Å². The van der Waals surface area contributed by atoms with Crippen molar-refractivity contribution in [3.05, 3.63) is 0 Å². The van der Waals surface area contributed by atoms with Crippen LogP contribution in [0.25, 0.3) is 0 Å². The van der Waals surface area contributed by atoms with E-state index in [0.717, 1.165) is 6.04 Å². The molecule has 0 aromatic rings. The molecule has 0 bridgehead atoms. The molecule has 0 radical (unpaired) electrons. The summed E-state index contributed by atoms with van der Waals surface area (Å²) in [6.45, 7) is 10.0. The Morgan fingerprint density at radius 3 is 2.47 bits per heavy atom. The number of nitrogens with one attached hydrogen (secondary N) is 1. The predicted molar refractivity (Wildman–Crippen MR) is 74.3 cm³/mol. The molecular formula is C15H30N2. The molecule has 1 heterocycles. The lowest BCUT2D eigenvalue weighted by Gasteiger charge is -2.37. The van der Waals surface area contributed by atoms with Crippen LogP contribution in [-0.2, 0) is 0 Å². The van der Waals surface area contributed by atoms with Crippen molar-refractivity contribution in [2.75, 3.05) is 26.2 Å². The Morgan fingerprint density at radius 1 is 1.18 bits per heavy atom. The van der Waals surface area contributed by atoms with Crippen molar-refractivity contribution < 1.29 is 0 Å². The van der Waals surface area contributed by atoms with Gasteiger partial charge >= 0.3 is 0 Å². The molecule has 1 atom stereocenters. The van der Waals surface area contributed by atoms with Gasteiger partial charge in [0.15, 0.2) is 0 Å². The van der Waals surface area contributed by atoms with Crippen LogP contribution in [0.5, 0.6) is 0 Å². The van der Waals surface area contributed by atoms with Gasteiger partial charge in [0.2, 0.25) is 0 Å². The van der Waals surface area contributed by atoms with E-state index in [1.54, 1.807) is 0 Å². The molecule has 1 unspecified atom stereocenters. The maximum atomic E-state index is 3.74. The Kier molecular flexibility index (Phi) is 4.87. The van der Waals surface area contributed by atoms with Crippen molar-refractivity contribution in [1.29, 1.82) is 0 Å². The maximum absolute atomic E-state index is 3.74. The number of nitrogens with zero attached hydrogens (tertiary/aromatic N) is 1. The molecule has 1 saturated heterocycles. The van der Waals surface area contributed by atoms with Crippen molar-refractivity contribution in [3.8, 4) is 0 Å². The van der Waals surface area contributed by atoms with E-state index in [-0.39, 0.29) is 0 Å². The van der Waals surface area contributed by atoms with E-state index in [1.807, 2.05) is 0 Å². The van der Waals surface area contributed by atoms with E-state index in [1.165, 1.54) is 71.1 Å². The summed E-state index contributed by atoms with van der Waals surface area (Å²) in [4.78, 5) is 2.70. The van der Waals surface area contributed by atoms with Gasteiger partial charge in [0, 0.05) is 19.1 Å². The Bertz CT molecular complexity index is 219. The molecule has 2 nitrogen and oxygen atoms in total. The second kappa shape index (κ2) is 6.19. The van der Waals surface area contributed by atoms with Gasteiger partial charge < -0.3 is 10.2 Å². The van der Waals surface area contributed by atoms with Gasteiger partial charge in [-0.1, -0.05) is 26.7 Å². The van der Waals surface area contributed by atoms with Crippen LogP contribution < -0.4 is 5.32 Å². The fourth-order valence-electron chi connectivity index (χ4n) is 3.16. The van der Waals surface area contributed by atoms with E-state index in [4.69, 9.17) is 0 Å². The topological polar surface area (TPSA) is 15.3 Å². The summed E-state index contributed by atoms with van der Waals surface area (Å²) < 4.78 is 0. The van der Waals surface area contributed by atoms with Crippen molar-refractivity contribution in [1.82, 2.24) is 10.2 Å². The van der Waals surface area contributed by atoms with Gasteiger partial charge in [0.25, 0.3) is 0 Å². The maximum Gasteiger partial charge on any atom is 0.00684 e. The van der Waals surface area contributed by atoms with Crippen LogP contribution >= 0.6 is 0 Å². The molecule has 0 spiro atoms. The first-order valence-electron chi connectivity index (χ1n) is 7.68. The minimum atomic E-state index is 0.495. The Labute approximate surface area is 107 Å². The number of hydrogen-bond acceptors (Lipinski definition) is 2. The molecule has 1 aliphatic heterocycles. The SMILES string of the molecule is CCCC(C)(CNC1CC1)CN1CCCCC1. The van der Waals surface area contributed by atoms with E-state index in [2.05, 4.69) is 24.1 Å². The van der Waals surface area contributed by atoms with Crippen molar-refractivity contribution in [2.24, 2.45) is 5.41 Å². The molecule has 0 aromatic carbocycles. The van der Waals surface area contributed by atoms with Crippen LogP contribution in [0, 0.1) is 5.41 Å². The van der Waals surface area contributed by atoms with Gasteiger partial charge in [0.05, 0.1) is 0 Å². The molecule has 2 rings (SSSR count). The summed E-state index contributed by atoms with van der Waals surface area (Å²) in [5.74, 6) is 0. The van der Waals surface area contributed by atoms with Crippen LogP contribution in [0.2, 0.25) is 0 Å². The average molecular weight is 238 g/mol. The molecule has 2 aliphatic rings. The minimum absolute atomic E-state index is 0.495. The van der Waals surface area contributed by atoms with Crippen LogP contribution in [-0.4, -0.2) is 37.1 Å². The van der Waals surface area contributed by atoms with Crippen molar-refractivity contribution >= 4 is 0 Å². The normalized spacial score (nSPS) is 25.8. The second-order valence-electron chi connectivity index (χ2n) is 6.55. The zero-order valence-corrected chi connectivity index (χ0v) is 11.8. The third-order valence-corrected chi connectivity index (χ3v) is 4.30. The van der Waals surface area contributed by atoms with Crippen LogP contribution in [0.15, 0.2) is 0 Å². The van der Waals surface area contributed by atoms with E-state index < -0.39 is 0 Å². The first-order valence-corrected chi connectivity index (χ1v) is 7.68. The number of piperidine rings is 1. The van der Waals surface area contributed by atoms with Crippen LogP contribution in [0.3, 0.4) is 0 Å². The smallest absolute Gasteiger partial charge is 0.00684 e. The van der Waals surface area contributed by atoms with Gasteiger partial charge in [0.1, 0.15) is 0 Å². The highest BCUT2D eigenvalue weighted by Crippen LogP contribution is 2.28. The number of rotatable bonds is 7. The highest BCUT2D eigenvalue weighted by Gasteiger charge is 2.30. The summed E-state index contributed by atoms with van der Waals surface area (Å²) >= 11 is 0. The molecule has 1 N–H and O–H groups in total. The van der Waals surface area contributed by atoms with Crippen molar-refractivity contribution in [3.63, 3.8) is 0 Å². The van der Waals surface area contributed by atoms with Gasteiger partial charge in [-0.25, -0.2) is 0 Å². The van der Waals surface area contributed by atoms with Crippen LogP contribution in [0.4, 0.5) is 0 Å². The standard InChI is InChI=1S/C15H30N2/c1-3-9-15(2,12-16-14-7-8-14)13-17-10-5-4-6-11-17/h14,16H,3-13H2,1-2H3. The Morgan fingerprint density at radius 2 is 1.88 bits per heavy atom. The second-order valence-corrected chi connectivity index (χ2v) is 6.55. The van der Waals surface area contributed by atoms with Gasteiger partial charge in [-0.2, -0.15) is 0 Å². The minimum Gasteiger partial charge on any atom is -0.313 e. The molecule has 1 aliphatic carbocycles. The zero-order chi connectivity index (χ0) is 12.1.